The summed E-state index contributed by atoms with van der Waals surface area (Å²) in [5.41, 5.74) is 0.420. The summed E-state index contributed by atoms with van der Waals surface area (Å²) >= 11 is 1.06. The van der Waals surface area contributed by atoms with Crippen LogP contribution in [0.5, 0.6) is 0 Å². The number of nitriles is 1. The molecule has 0 bridgehead atoms. The van der Waals surface area contributed by atoms with Gasteiger partial charge in [-0.1, -0.05) is 18.7 Å². The number of nitrogens with one attached hydrogen (secondary N) is 1. The highest BCUT2D eigenvalue weighted by atomic mass is 32.2. The highest BCUT2D eigenvalue weighted by molar-refractivity contribution is 8.00. The second kappa shape index (κ2) is 8.21. The van der Waals surface area contributed by atoms with Gasteiger partial charge in [-0.05, 0) is 6.92 Å². The average Bonchev–Trinajstić information content (AvgIpc) is 2.44. The number of thioether (sulfide) groups is 1. The number of aromatic nitrogens is 2. The second-order valence-corrected chi connectivity index (χ2v) is 5.07. The summed E-state index contributed by atoms with van der Waals surface area (Å²) in [6.07, 6.45) is 0.825. The molecular weight excluding hydrogens is 292 g/mol. The molecule has 0 unspecified atom stereocenters. The van der Waals surface area contributed by atoms with Crippen molar-refractivity contribution in [1.82, 2.24) is 15.3 Å². The molecule has 0 aliphatic carbocycles. The fourth-order valence-corrected chi connectivity index (χ4v) is 2.47. The van der Waals surface area contributed by atoms with Crippen molar-refractivity contribution in [3.63, 3.8) is 0 Å². The number of carboxylic acid groups (broad SMARTS) is 1. The van der Waals surface area contributed by atoms with E-state index in [-0.39, 0.29) is 30.2 Å². The van der Waals surface area contributed by atoms with E-state index in [0.717, 1.165) is 11.8 Å². The van der Waals surface area contributed by atoms with Crippen molar-refractivity contribution in [3.05, 3.63) is 17.1 Å². The van der Waals surface area contributed by atoms with Crippen LogP contribution in [0.15, 0.2) is 5.03 Å². The number of hydrogen-bond acceptors (Lipinski definition) is 6. The summed E-state index contributed by atoms with van der Waals surface area (Å²) in [6, 6.07) is 1.92. The maximum absolute atomic E-state index is 11.6. The molecule has 1 heterocycles. The Kier molecular flexibility index (Phi) is 6.62. The molecule has 8 heteroatoms. The van der Waals surface area contributed by atoms with Crippen LogP contribution >= 0.6 is 11.8 Å². The van der Waals surface area contributed by atoms with Crippen LogP contribution in [-0.2, 0) is 11.2 Å². The summed E-state index contributed by atoms with van der Waals surface area (Å²) in [6.45, 7) is 3.77. The lowest BCUT2D eigenvalue weighted by atomic mass is 10.2. The van der Waals surface area contributed by atoms with Gasteiger partial charge >= 0.3 is 5.97 Å². The fraction of sp³-hybridized carbons (Fsp3) is 0.462. The molecule has 1 aromatic heterocycles. The molecule has 0 fully saturated rings. The molecule has 0 spiro atoms. The van der Waals surface area contributed by atoms with Gasteiger partial charge in [0.1, 0.15) is 16.4 Å². The predicted molar refractivity (Wildman–Crippen MR) is 77.1 cm³/mol. The number of amides is 1. The van der Waals surface area contributed by atoms with Gasteiger partial charge in [-0.2, -0.15) is 5.26 Å². The number of rotatable bonds is 7. The Bertz CT molecular complexity index is 584. The van der Waals surface area contributed by atoms with E-state index < -0.39 is 5.97 Å². The van der Waals surface area contributed by atoms with Crippen molar-refractivity contribution in [1.29, 1.82) is 5.26 Å². The highest BCUT2D eigenvalue weighted by Crippen LogP contribution is 2.22. The summed E-state index contributed by atoms with van der Waals surface area (Å²) < 4.78 is 0. The standard InChI is InChI=1S/C13H16N4O3S/c1-3-9-16-8(2)11(13(19)20)12(17-9)21-7-10(18)15-6-4-5-14/h3-4,6-7H2,1-2H3,(H,15,18)(H,19,20). The second-order valence-electron chi connectivity index (χ2n) is 4.11. The molecule has 0 aromatic carbocycles. The van der Waals surface area contributed by atoms with Crippen LogP contribution in [0.25, 0.3) is 0 Å². The first-order valence-electron chi connectivity index (χ1n) is 6.36. The Labute approximate surface area is 126 Å². The van der Waals surface area contributed by atoms with E-state index in [2.05, 4.69) is 15.3 Å². The predicted octanol–water partition coefficient (Wildman–Crippen LogP) is 1.17. The number of hydrogen-bond donors (Lipinski definition) is 2. The third-order valence-corrected chi connectivity index (χ3v) is 3.51. The van der Waals surface area contributed by atoms with E-state index >= 15 is 0 Å². The maximum Gasteiger partial charge on any atom is 0.340 e. The summed E-state index contributed by atoms with van der Waals surface area (Å²) in [7, 11) is 0. The molecule has 21 heavy (non-hydrogen) atoms. The minimum Gasteiger partial charge on any atom is -0.478 e. The Hall–Kier alpha value is -2.14. The van der Waals surface area contributed by atoms with Crippen LogP contribution in [0.2, 0.25) is 0 Å². The molecular formula is C13H16N4O3S. The zero-order valence-corrected chi connectivity index (χ0v) is 12.7. The van der Waals surface area contributed by atoms with Gasteiger partial charge in [-0.15, -0.1) is 0 Å². The molecule has 1 aromatic rings. The van der Waals surface area contributed by atoms with Crippen LogP contribution in [0.4, 0.5) is 0 Å². The number of carbonyl (C=O) groups excluding carboxylic acids is 1. The first-order valence-corrected chi connectivity index (χ1v) is 7.35. The lowest BCUT2D eigenvalue weighted by molar-refractivity contribution is -0.118. The summed E-state index contributed by atoms with van der Waals surface area (Å²) in [4.78, 5) is 31.1. The number of carboxylic acids is 1. The van der Waals surface area contributed by atoms with Gasteiger partial charge < -0.3 is 10.4 Å². The Morgan fingerprint density at radius 3 is 2.71 bits per heavy atom. The zero-order chi connectivity index (χ0) is 15.8. The van der Waals surface area contributed by atoms with E-state index in [1.54, 1.807) is 6.92 Å². The normalized spacial score (nSPS) is 9.95. The Balaban J connectivity index is 2.82. The lowest BCUT2D eigenvalue weighted by Crippen LogP contribution is -2.26. The SMILES string of the molecule is CCc1nc(C)c(C(=O)O)c(SCC(=O)NCCC#N)n1. The van der Waals surface area contributed by atoms with Crippen molar-refractivity contribution in [2.45, 2.75) is 31.7 Å². The van der Waals surface area contributed by atoms with E-state index in [4.69, 9.17) is 5.26 Å². The van der Waals surface area contributed by atoms with Gasteiger partial charge in [0.15, 0.2) is 0 Å². The van der Waals surface area contributed by atoms with E-state index in [0.29, 0.717) is 23.0 Å². The summed E-state index contributed by atoms with van der Waals surface area (Å²) in [5, 5.41) is 20.5. The maximum atomic E-state index is 11.6. The molecule has 0 atom stereocenters. The van der Waals surface area contributed by atoms with Crippen LogP contribution in [0.3, 0.4) is 0 Å². The molecule has 2 N–H and O–H groups in total. The van der Waals surface area contributed by atoms with Gasteiger partial charge in [0, 0.05) is 13.0 Å². The Morgan fingerprint density at radius 1 is 1.43 bits per heavy atom. The van der Waals surface area contributed by atoms with E-state index in [1.807, 2.05) is 13.0 Å². The topological polar surface area (TPSA) is 116 Å². The molecule has 0 saturated carbocycles. The van der Waals surface area contributed by atoms with Gasteiger partial charge in [0.2, 0.25) is 5.91 Å². The molecule has 1 rings (SSSR count). The first kappa shape index (κ1) is 16.9. The minimum atomic E-state index is -1.11. The number of carbonyl (C=O) groups is 2. The van der Waals surface area contributed by atoms with Crippen molar-refractivity contribution in [2.24, 2.45) is 0 Å². The molecule has 0 saturated heterocycles. The van der Waals surface area contributed by atoms with Crippen LogP contribution in [0, 0.1) is 18.3 Å². The smallest absolute Gasteiger partial charge is 0.340 e. The van der Waals surface area contributed by atoms with E-state index in [9.17, 15) is 14.7 Å². The number of nitrogens with zero attached hydrogens (tertiary/aromatic N) is 3. The minimum absolute atomic E-state index is 0.0297. The largest absolute Gasteiger partial charge is 0.478 e. The summed E-state index contributed by atoms with van der Waals surface area (Å²) in [5.74, 6) is -0.779. The third kappa shape index (κ3) is 5.04. The van der Waals surface area contributed by atoms with E-state index in [1.165, 1.54) is 0 Å². The Morgan fingerprint density at radius 2 is 2.14 bits per heavy atom. The van der Waals surface area contributed by atoms with Crippen molar-refractivity contribution < 1.29 is 14.7 Å². The number of aromatic carboxylic acids is 1. The molecule has 1 amide bonds. The van der Waals surface area contributed by atoms with Crippen molar-refractivity contribution in [3.8, 4) is 6.07 Å². The van der Waals surface area contributed by atoms with Crippen molar-refractivity contribution in [2.75, 3.05) is 12.3 Å². The van der Waals surface area contributed by atoms with Crippen LogP contribution < -0.4 is 5.32 Å². The molecule has 7 nitrogen and oxygen atoms in total. The zero-order valence-electron chi connectivity index (χ0n) is 11.8. The molecule has 0 aliphatic rings. The third-order valence-electron chi connectivity index (χ3n) is 2.53. The van der Waals surface area contributed by atoms with Gasteiger partial charge in [-0.25, -0.2) is 14.8 Å². The van der Waals surface area contributed by atoms with Crippen LogP contribution in [-0.4, -0.2) is 39.2 Å². The lowest BCUT2D eigenvalue weighted by Gasteiger charge is -2.09. The molecule has 112 valence electrons. The number of aryl methyl sites for hydroxylation is 2. The fourth-order valence-electron chi connectivity index (χ4n) is 1.55. The van der Waals surface area contributed by atoms with Gasteiger partial charge in [0.05, 0.1) is 23.9 Å². The molecule has 0 aliphatic heterocycles. The van der Waals surface area contributed by atoms with Crippen molar-refractivity contribution >= 4 is 23.6 Å². The quantitative estimate of drug-likeness (QED) is 0.441. The molecule has 0 radical (unpaired) electrons. The van der Waals surface area contributed by atoms with Gasteiger partial charge in [-0.3, -0.25) is 4.79 Å². The van der Waals surface area contributed by atoms with Gasteiger partial charge in [0.25, 0.3) is 0 Å². The average molecular weight is 308 g/mol. The monoisotopic (exact) mass is 308 g/mol. The first-order chi connectivity index (χ1) is 9.99. The highest BCUT2D eigenvalue weighted by Gasteiger charge is 2.18. The van der Waals surface area contributed by atoms with Crippen LogP contribution in [0.1, 0.15) is 35.2 Å².